The summed E-state index contributed by atoms with van der Waals surface area (Å²) in [4.78, 5) is 0. The van der Waals surface area contributed by atoms with E-state index in [0.717, 1.165) is 18.8 Å². The van der Waals surface area contributed by atoms with Crippen molar-refractivity contribution in [2.24, 2.45) is 11.3 Å². The van der Waals surface area contributed by atoms with Crippen molar-refractivity contribution >= 4 is 0 Å². The van der Waals surface area contributed by atoms with Gasteiger partial charge in [-0.3, -0.25) is 0 Å². The first-order valence-corrected chi connectivity index (χ1v) is 11.3. The molecular weight excluding hydrogens is 324 g/mol. The molecule has 0 spiro atoms. The van der Waals surface area contributed by atoms with Crippen LogP contribution < -0.4 is 0 Å². The van der Waals surface area contributed by atoms with Crippen molar-refractivity contribution in [3.63, 3.8) is 0 Å². The fourth-order valence-corrected chi connectivity index (χ4v) is 4.87. The molecule has 2 bridgehead atoms. The van der Waals surface area contributed by atoms with E-state index in [1.807, 2.05) is 20.8 Å². The van der Waals surface area contributed by atoms with Crippen molar-refractivity contribution in [2.45, 2.75) is 104 Å². The molecule has 2 rings (SSSR count). The van der Waals surface area contributed by atoms with E-state index in [2.05, 4.69) is 12.2 Å². The van der Waals surface area contributed by atoms with Gasteiger partial charge >= 0.3 is 0 Å². The zero-order valence-corrected chi connectivity index (χ0v) is 17.6. The van der Waals surface area contributed by atoms with Gasteiger partial charge in [0.05, 0.1) is 0 Å². The minimum absolute atomic E-state index is 0.617. The molecule has 0 N–H and O–H groups in total. The quantitative estimate of drug-likeness (QED) is 0.175. The highest BCUT2D eigenvalue weighted by Gasteiger charge is 2.39. The van der Waals surface area contributed by atoms with Gasteiger partial charge in [0.2, 0.25) is 0 Å². The van der Waals surface area contributed by atoms with Gasteiger partial charge in [-0.15, -0.1) is 0 Å². The second kappa shape index (κ2) is 11.5. The lowest BCUT2D eigenvalue weighted by Gasteiger charge is -2.32. The van der Waals surface area contributed by atoms with Gasteiger partial charge in [-0.1, -0.05) is 50.7 Å². The first-order valence-electron chi connectivity index (χ1n) is 11.3. The highest BCUT2D eigenvalue weighted by molar-refractivity contribution is 5.15. The van der Waals surface area contributed by atoms with Crippen LogP contribution in [0.5, 0.6) is 0 Å². The number of allylic oxidation sites excluding steroid dienone is 2. The maximum atomic E-state index is 5.79. The van der Waals surface area contributed by atoms with Gasteiger partial charge in [0.15, 0.2) is 0 Å². The van der Waals surface area contributed by atoms with Crippen molar-refractivity contribution < 1.29 is 14.2 Å². The number of ether oxygens (including phenoxy) is 3. The highest BCUT2D eigenvalue weighted by atomic mass is 16.9. The first kappa shape index (κ1) is 21.9. The maximum absolute atomic E-state index is 5.79. The molecule has 0 amide bonds. The van der Waals surface area contributed by atoms with Gasteiger partial charge in [0.1, 0.15) is 0 Å². The van der Waals surface area contributed by atoms with Crippen LogP contribution in [0, 0.1) is 11.3 Å². The van der Waals surface area contributed by atoms with Gasteiger partial charge < -0.3 is 14.2 Å². The van der Waals surface area contributed by atoms with Gasteiger partial charge in [0.25, 0.3) is 5.97 Å². The monoisotopic (exact) mass is 366 g/mol. The van der Waals surface area contributed by atoms with Gasteiger partial charge in [-0.25, -0.2) is 0 Å². The molecule has 2 aliphatic carbocycles. The van der Waals surface area contributed by atoms with E-state index in [0.29, 0.717) is 25.2 Å². The zero-order valence-electron chi connectivity index (χ0n) is 17.6. The molecule has 2 aliphatic rings. The van der Waals surface area contributed by atoms with E-state index >= 15 is 0 Å². The molecule has 2 unspecified atom stereocenters. The smallest absolute Gasteiger partial charge is 0.282 e. The Morgan fingerprint density at radius 1 is 0.846 bits per heavy atom. The zero-order chi connectivity index (χ0) is 18.7. The Labute approximate surface area is 161 Å². The van der Waals surface area contributed by atoms with E-state index in [9.17, 15) is 0 Å². The van der Waals surface area contributed by atoms with E-state index in [-0.39, 0.29) is 0 Å². The fraction of sp³-hybridized carbons (Fsp3) is 0.913. The molecule has 1 saturated carbocycles. The largest absolute Gasteiger partial charge is 0.328 e. The van der Waals surface area contributed by atoms with Crippen LogP contribution in [-0.4, -0.2) is 25.8 Å². The van der Waals surface area contributed by atoms with Crippen molar-refractivity contribution in [2.75, 3.05) is 19.8 Å². The molecule has 3 nitrogen and oxygen atoms in total. The SMILES string of the molecule is CCOC(CCCCCCCCCC12C=CC(CC1)C2)(OCC)OCC. The molecule has 26 heavy (non-hydrogen) atoms. The molecule has 0 saturated heterocycles. The third-order valence-electron chi connectivity index (χ3n) is 6.15. The summed E-state index contributed by atoms with van der Waals surface area (Å²) >= 11 is 0. The Balaban J connectivity index is 1.49. The van der Waals surface area contributed by atoms with Crippen molar-refractivity contribution in [1.29, 1.82) is 0 Å². The first-order chi connectivity index (χ1) is 12.7. The van der Waals surface area contributed by atoms with E-state index in [1.54, 1.807) is 0 Å². The molecule has 0 aromatic rings. The minimum atomic E-state index is -0.814. The number of rotatable bonds is 16. The van der Waals surface area contributed by atoms with Crippen LogP contribution in [0.3, 0.4) is 0 Å². The molecule has 0 aromatic heterocycles. The van der Waals surface area contributed by atoms with Gasteiger partial charge in [0, 0.05) is 26.2 Å². The topological polar surface area (TPSA) is 27.7 Å². The lowest BCUT2D eigenvalue weighted by Crippen LogP contribution is -2.39. The van der Waals surface area contributed by atoms with E-state index < -0.39 is 5.97 Å². The summed E-state index contributed by atoms with van der Waals surface area (Å²) in [6.45, 7) is 7.87. The van der Waals surface area contributed by atoms with Crippen LogP contribution in [0.2, 0.25) is 0 Å². The number of hydrogen-bond acceptors (Lipinski definition) is 3. The van der Waals surface area contributed by atoms with Crippen molar-refractivity contribution in [3.05, 3.63) is 12.2 Å². The molecule has 1 fully saturated rings. The summed E-state index contributed by atoms with van der Waals surface area (Å²) < 4.78 is 17.4. The van der Waals surface area contributed by atoms with Crippen molar-refractivity contribution in [3.8, 4) is 0 Å². The van der Waals surface area contributed by atoms with Crippen LogP contribution in [0.25, 0.3) is 0 Å². The predicted octanol–water partition coefficient (Wildman–Crippen LogP) is 6.62. The molecule has 0 aliphatic heterocycles. The average molecular weight is 367 g/mol. The maximum Gasteiger partial charge on any atom is 0.282 e. The second-order valence-corrected chi connectivity index (χ2v) is 8.18. The third-order valence-corrected chi connectivity index (χ3v) is 6.15. The molecule has 152 valence electrons. The predicted molar refractivity (Wildman–Crippen MR) is 108 cm³/mol. The van der Waals surface area contributed by atoms with E-state index in [1.165, 1.54) is 64.2 Å². The summed E-state index contributed by atoms with van der Waals surface area (Å²) in [7, 11) is 0. The van der Waals surface area contributed by atoms with Crippen molar-refractivity contribution in [1.82, 2.24) is 0 Å². The van der Waals surface area contributed by atoms with Gasteiger partial charge in [-0.05, 0) is 64.2 Å². The highest BCUT2D eigenvalue weighted by Crippen LogP contribution is 2.52. The van der Waals surface area contributed by atoms with Crippen LogP contribution in [-0.2, 0) is 14.2 Å². The Morgan fingerprint density at radius 3 is 1.88 bits per heavy atom. The van der Waals surface area contributed by atoms with Crippen LogP contribution in [0.1, 0.15) is 97.8 Å². The van der Waals surface area contributed by atoms with Crippen LogP contribution in [0.4, 0.5) is 0 Å². The molecule has 2 atom stereocenters. The average Bonchev–Trinajstić information content (AvgIpc) is 3.22. The Bertz CT molecular complexity index is 389. The molecule has 0 heterocycles. The Morgan fingerprint density at radius 2 is 1.42 bits per heavy atom. The standard InChI is InChI=1S/C23H42O3/c1-4-24-23(25-5-2,26-6-3)17-13-11-9-7-8-10-12-16-22-18-14-21(20-22)15-19-22/h14,18,21H,4-13,15-17,19-20H2,1-3H3. The summed E-state index contributed by atoms with van der Waals surface area (Å²) in [5.74, 6) is 0.109. The third kappa shape index (κ3) is 6.65. The Hall–Kier alpha value is -0.380. The Kier molecular flexibility index (Phi) is 9.66. The molecule has 0 radical (unpaired) electrons. The van der Waals surface area contributed by atoms with Gasteiger partial charge in [-0.2, -0.15) is 0 Å². The van der Waals surface area contributed by atoms with Crippen LogP contribution in [0.15, 0.2) is 12.2 Å². The normalized spacial score (nSPS) is 24.7. The minimum Gasteiger partial charge on any atom is -0.328 e. The molecule has 3 heteroatoms. The molecular formula is C23H42O3. The lowest BCUT2D eigenvalue weighted by atomic mass is 9.82. The summed E-state index contributed by atoms with van der Waals surface area (Å²) in [5.41, 5.74) is 0.617. The van der Waals surface area contributed by atoms with Crippen LogP contribution >= 0.6 is 0 Å². The number of hydrogen-bond donors (Lipinski definition) is 0. The number of fused-ring (bicyclic) bond motifs is 2. The van der Waals surface area contributed by atoms with E-state index in [4.69, 9.17) is 14.2 Å². The summed E-state index contributed by atoms with van der Waals surface area (Å²) in [6, 6.07) is 0. The number of unbranched alkanes of at least 4 members (excludes halogenated alkanes) is 6. The second-order valence-electron chi connectivity index (χ2n) is 8.18. The summed E-state index contributed by atoms with van der Waals surface area (Å²) in [6.07, 6.45) is 20.9. The molecule has 0 aromatic carbocycles. The lowest BCUT2D eigenvalue weighted by molar-refractivity contribution is -0.380. The fourth-order valence-electron chi connectivity index (χ4n) is 4.87. The summed E-state index contributed by atoms with van der Waals surface area (Å²) in [5, 5.41) is 0.